The summed E-state index contributed by atoms with van der Waals surface area (Å²) in [4.78, 5) is 15.4. The van der Waals surface area contributed by atoms with E-state index in [1.165, 1.54) is 0 Å². The third-order valence-electron chi connectivity index (χ3n) is 5.53. The van der Waals surface area contributed by atoms with Crippen molar-refractivity contribution in [1.29, 1.82) is 0 Å². The number of methoxy groups -OCH3 is 2. The number of rotatable bonds is 6. The quantitative estimate of drug-likeness (QED) is 0.734. The first-order valence-corrected chi connectivity index (χ1v) is 10.2. The van der Waals surface area contributed by atoms with E-state index in [1.54, 1.807) is 19.2 Å². The van der Waals surface area contributed by atoms with E-state index in [9.17, 15) is 4.79 Å². The smallest absolute Gasteiger partial charge is 0.257 e. The third-order valence-corrected chi connectivity index (χ3v) is 5.53. The second-order valence-electron chi connectivity index (χ2n) is 7.37. The summed E-state index contributed by atoms with van der Waals surface area (Å²) in [5, 5.41) is 6.38. The van der Waals surface area contributed by atoms with Gasteiger partial charge in [-0.25, -0.2) is 5.01 Å². The monoisotopic (exact) mass is 409 g/mol. The predicted molar refractivity (Wildman–Crippen MR) is 114 cm³/mol. The number of hydrogen-bond donors (Lipinski definition) is 0. The van der Waals surface area contributed by atoms with Crippen molar-refractivity contribution in [2.24, 2.45) is 5.10 Å². The summed E-state index contributed by atoms with van der Waals surface area (Å²) in [6.07, 6.45) is 0.613. The second kappa shape index (κ2) is 9.28. The van der Waals surface area contributed by atoms with Gasteiger partial charge in [-0.3, -0.25) is 9.69 Å². The SMILES string of the molecule is COc1ccc(OC)c([C@@H]2CC(c3ccccc3)=NN2C(=O)CN2CCOCC2)c1. The number of nitrogens with zero attached hydrogens (tertiary/aromatic N) is 3. The van der Waals surface area contributed by atoms with Crippen molar-refractivity contribution in [2.45, 2.75) is 12.5 Å². The maximum absolute atomic E-state index is 13.3. The highest BCUT2D eigenvalue weighted by Gasteiger charge is 2.35. The number of morpholine rings is 1. The molecule has 2 aromatic carbocycles. The zero-order valence-electron chi connectivity index (χ0n) is 17.4. The van der Waals surface area contributed by atoms with Gasteiger partial charge in [-0.1, -0.05) is 30.3 Å². The van der Waals surface area contributed by atoms with Gasteiger partial charge < -0.3 is 14.2 Å². The number of carbonyl (C=O) groups excluding carboxylic acids is 1. The van der Waals surface area contributed by atoms with Crippen molar-refractivity contribution < 1.29 is 19.0 Å². The van der Waals surface area contributed by atoms with Crippen LogP contribution < -0.4 is 9.47 Å². The third kappa shape index (κ3) is 4.32. The molecule has 0 aliphatic carbocycles. The number of hydrogen-bond acceptors (Lipinski definition) is 6. The Morgan fingerprint density at radius 1 is 1.10 bits per heavy atom. The number of ether oxygens (including phenoxy) is 3. The Hall–Kier alpha value is -2.90. The van der Waals surface area contributed by atoms with Crippen LogP contribution in [-0.2, 0) is 9.53 Å². The van der Waals surface area contributed by atoms with Crippen molar-refractivity contribution in [3.8, 4) is 11.5 Å². The van der Waals surface area contributed by atoms with Gasteiger partial charge in [0.2, 0.25) is 0 Å². The van der Waals surface area contributed by atoms with Crippen molar-refractivity contribution in [2.75, 3.05) is 47.1 Å². The van der Waals surface area contributed by atoms with E-state index in [1.807, 2.05) is 48.5 Å². The molecule has 0 spiro atoms. The van der Waals surface area contributed by atoms with E-state index < -0.39 is 0 Å². The lowest BCUT2D eigenvalue weighted by molar-refractivity contribution is -0.135. The Kier molecular flexibility index (Phi) is 6.30. The van der Waals surface area contributed by atoms with Crippen LogP contribution >= 0.6 is 0 Å². The maximum atomic E-state index is 13.3. The van der Waals surface area contributed by atoms with E-state index in [-0.39, 0.29) is 11.9 Å². The molecule has 0 unspecified atom stereocenters. The first-order valence-electron chi connectivity index (χ1n) is 10.2. The van der Waals surface area contributed by atoms with Crippen molar-refractivity contribution in [3.63, 3.8) is 0 Å². The summed E-state index contributed by atoms with van der Waals surface area (Å²) in [7, 11) is 3.27. The lowest BCUT2D eigenvalue weighted by Crippen LogP contribution is -2.43. The van der Waals surface area contributed by atoms with Crippen LogP contribution in [0.4, 0.5) is 0 Å². The molecule has 1 saturated heterocycles. The van der Waals surface area contributed by atoms with Gasteiger partial charge in [-0.05, 0) is 23.8 Å². The molecule has 0 bridgehead atoms. The van der Waals surface area contributed by atoms with Gasteiger partial charge in [-0.15, -0.1) is 0 Å². The van der Waals surface area contributed by atoms with Crippen molar-refractivity contribution >= 4 is 11.6 Å². The van der Waals surface area contributed by atoms with Crippen LogP contribution in [0.25, 0.3) is 0 Å². The van der Waals surface area contributed by atoms with E-state index >= 15 is 0 Å². The summed E-state index contributed by atoms with van der Waals surface area (Å²) in [5.41, 5.74) is 2.80. The average Bonchev–Trinajstić information content (AvgIpc) is 3.25. The molecule has 0 aromatic heterocycles. The molecule has 7 heteroatoms. The molecule has 0 saturated carbocycles. The minimum atomic E-state index is -0.251. The minimum Gasteiger partial charge on any atom is -0.497 e. The van der Waals surface area contributed by atoms with Crippen LogP contribution in [-0.4, -0.2) is 68.6 Å². The number of amides is 1. The van der Waals surface area contributed by atoms with E-state index in [0.717, 1.165) is 41.4 Å². The van der Waals surface area contributed by atoms with Gasteiger partial charge in [-0.2, -0.15) is 5.10 Å². The fourth-order valence-corrected chi connectivity index (χ4v) is 3.91. The van der Waals surface area contributed by atoms with E-state index in [0.29, 0.717) is 26.2 Å². The van der Waals surface area contributed by atoms with Gasteiger partial charge in [0.05, 0.1) is 45.7 Å². The molecule has 7 nitrogen and oxygen atoms in total. The lowest BCUT2D eigenvalue weighted by Gasteiger charge is -2.29. The normalized spacial score (nSPS) is 19.5. The molecule has 4 rings (SSSR count). The molecule has 0 radical (unpaired) electrons. The summed E-state index contributed by atoms with van der Waals surface area (Å²) < 4.78 is 16.4. The van der Waals surface area contributed by atoms with Crippen molar-refractivity contribution in [3.05, 3.63) is 59.7 Å². The highest BCUT2D eigenvalue weighted by molar-refractivity contribution is 6.03. The Morgan fingerprint density at radius 3 is 2.57 bits per heavy atom. The zero-order valence-corrected chi connectivity index (χ0v) is 17.4. The van der Waals surface area contributed by atoms with Gasteiger partial charge in [0.1, 0.15) is 11.5 Å². The summed E-state index contributed by atoms with van der Waals surface area (Å²) in [5.74, 6) is 1.41. The average molecular weight is 409 g/mol. The Labute approximate surface area is 176 Å². The van der Waals surface area contributed by atoms with Gasteiger partial charge in [0, 0.05) is 25.1 Å². The molecule has 2 heterocycles. The van der Waals surface area contributed by atoms with Gasteiger partial charge in [0.15, 0.2) is 0 Å². The van der Waals surface area contributed by atoms with Crippen LogP contribution in [0, 0.1) is 0 Å². The van der Waals surface area contributed by atoms with Crippen LogP contribution in [0.2, 0.25) is 0 Å². The maximum Gasteiger partial charge on any atom is 0.257 e. The standard InChI is InChI=1S/C23H27N3O4/c1-28-18-8-9-22(29-2)19(14-18)21-15-20(17-6-4-3-5-7-17)24-26(21)23(27)16-25-10-12-30-13-11-25/h3-9,14,21H,10-13,15-16H2,1-2H3/t21-/m0/s1. The predicted octanol–water partition coefficient (Wildman–Crippen LogP) is 2.71. The Bertz CT molecular complexity index is 910. The molecule has 2 aliphatic rings. The molecular weight excluding hydrogens is 382 g/mol. The number of benzene rings is 2. The second-order valence-corrected chi connectivity index (χ2v) is 7.37. The van der Waals surface area contributed by atoms with Gasteiger partial charge in [0.25, 0.3) is 5.91 Å². The molecular formula is C23H27N3O4. The number of carbonyl (C=O) groups is 1. The molecule has 2 aromatic rings. The summed E-state index contributed by atoms with van der Waals surface area (Å²) >= 11 is 0. The fraction of sp³-hybridized carbons (Fsp3) is 0.391. The first-order chi connectivity index (χ1) is 14.7. The van der Waals surface area contributed by atoms with Crippen LogP contribution in [0.5, 0.6) is 11.5 Å². The topological polar surface area (TPSA) is 63.6 Å². The van der Waals surface area contributed by atoms with Crippen LogP contribution in [0.15, 0.2) is 53.6 Å². The lowest BCUT2D eigenvalue weighted by atomic mass is 9.97. The molecule has 158 valence electrons. The summed E-state index contributed by atoms with van der Waals surface area (Å²) in [6, 6.07) is 15.4. The summed E-state index contributed by atoms with van der Waals surface area (Å²) in [6.45, 7) is 3.12. The highest BCUT2D eigenvalue weighted by atomic mass is 16.5. The molecule has 1 fully saturated rings. The molecule has 30 heavy (non-hydrogen) atoms. The largest absolute Gasteiger partial charge is 0.497 e. The first kappa shape index (κ1) is 20.4. The number of hydrazone groups is 1. The van der Waals surface area contributed by atoms with E-state index in [2.05, 4.69) is 4.90 Å². The molecule has 2 aliphatic heterocycles. The van der Waals surface area contributed by atoms with Crippen molar-refractivity contribution in [1.82, 2.24) is 9.91 Å². The fourth-order valence-electron chi connectivity index (χ4n) is 3.91. The Balaban J connectivity index is 1.66. The van der Waals surface area contributed by atoms with Crippen LogP contribution in [0.3, 0.4) is 0 Å². The molecule has 0 N–H and O–H groups in total. The van der Waals surface area contributed by atoms with Crippen LogP contribution in [0.1, 0.15) is 23.6 Å². The zero-order chi connectivity index (χ0) is 20.9. The minimum absolute atomic E-state index is 0.0299. The van der Waals surface area contributed by atoms with Gasteiger partial charge >= 0.3 is 0 Å². The molecule has 1 atom stereocenters. The van der Waals surface area contributed by atoms with E-state index in [4.69, 9.17) is 19.3 Å². The highest BCUT2D eigenvalue weighted by Crippen LogP contribution is 2.39. The molecule has 1 amide bonds. The Morgan fingerprint density at radius 2 is 1.87 bits per heavy atom.